The Morgan fingerprint density at radius 1 is 1.35 bits per heavy atom. The van der Waals surface area contributed by atoms with Crippen LogP contribution < -0.4 is 21.2 Å². The van der Waals surface area contributed by atoms with Crippen LogP contribution in [0, 0.1) is 0 Å². The van der Waals surface area contributed by atoms with Gasteiger partial charge in [-0.2, -0.15) is 5.10 Å². The molecule has 0 atom stereocenters. The number of nitrogens with one attached hydrogen (secondary N) is 2. The Labute approximate surface area is 117 Å². The Hall–Kier alpha value is -2.57. The standard InChI is InChI=1S/C13H18N4O3/c1-9(7-12(14)18)16-17-13(19)8-15-10-5-3-4-6-11(10)20-2/h3-6,15H,7-8H2,1-2H3,(H2,14,18)(H,17,19). The number of hydrogen-bond acceptors (Lipinski definition) is 5. The number of ether oxygens (including phenoxy) is 1. The first kappa shape index (κ1) is 15.5. The van der Waals surface area contributed by atoms with Crippen molar-refractivity contribution in [3.63, 3.8) is 0 Å². The monoisotopic (exact) mass is 278 g/mol. The number of benzene rings is 1. The van der Waals surface area contributed by atoms with E-state index in [-0.39, 0.29) is 18.9 Å². The minimum atomic E-state index is -0.493. The summed E-state index contributed by atoms with van der Waals surface area (Å²) < 4.78 is 5.15. The SMILES string of the molecule is COc1ccccc1NCC(=O)NN=C(C)CC(N)=O. The third-order valence-corrected chi connectivity index (χ3v) is 2.35. The van der Waals surface area contributed by atoms with Crippen LogP contribution >= 0.6 is 0 Å². The van der Waals surface area contributed by atoms with Crippen molar-refractivity contribution < 1.29 is 14.3 Å². The van der Waals surface area contributed by atoms with Crippen LogP contribution in [-0.4, -0.2) is 31.2 Å². The predicted octanol–water partition coefficient (Wildman–Crippen LogP) is 0.475. The molecular weight excluding hydrogens is 260 g/mol. The number of primary amides is 1. The highest BCUT2D eigenvalue weighted by Gasteiger charge is 2.04. The molecule has 1 rings (SSSR count). The van der Waals surface area contributed by atoms with E-state index in [2.05, 4.69) is 15.8 Å². The molecule has 4 N–H and O–H groups in total. The van der Waals surface area contributed by atoms with Gasteiger partial charge in [0.2, 0.25) is 5.91 Å². The smallest absolute Gasteiger partial charge is 0.259 e. The first-order valence-corrected chi connectivity index (χ1v) is 6.00. The van der Waals surface area contributed by atoms with Crippen molar-refractivity contribution in [1.29, 1.82) is 0 Å². The number of hydrogen-bond donors (Lipinski definition) is 3. The predicted molar refractivity (Wildman–Crippen MR) is 76.5 cm³/mol. The maximum Gasteiger partial charge on any atom is 0.259 e. The zero-order chi connectivity index (χ0) is 15.0. The van der Waals surface area contributed by atoms with Crippen LogP contribution in [0.5, 0.6) is 5.75 Å². The summed E-state index contributed by atoms with van der Waals surface area (Å²) in [5, 5.41) is 6.69. The first-order valence-electron chi connectivity index (χ1n) is 6.00. The minimum Gasteiger partial charge on any atom is -0.495 e. The van der Waals surface area contributed by atoms with Crippen molar-refractivity contribution >= 4 is 23.2 Å². The lowest BCUT2D eigenvalue weighted by Crippen LogP contribution is -2.27. The largest absolute Gasteiger partial charge is 0.495 e. The lowest BCUT2D eigenvalue weighted by atomic mass is 10.3. The second-order valence-corrected chi connectivity index (χ2v) is 4.08. The van der Waals surface area contributed by atoms with E-state index in [0.29, 0.717) is 17.1 Å². The van der Waals surface area contributed by atoms with E-state index in [1.807, 2.05) is 12.1 Å². The van der Waals surface area contributed by atoms with Crippen LogP contribution in [0.1, 0.15) is 13.3 Å². The van der Waals surface area contributed by atoms with Crippen molar-refractivity contribution in [3.8, 4) is 5.75 Å². The lowest BCUT2D eigenvalue weighted by molar-refractivity contribution is -0.119. The lowest BCUT2D eigenvalue weighted by Gasteiger charge is -2.09. The van der Waals surface area contributed by atoms with Crippen molar-refractivity contribution in [2.24, 2.45) is 10.8 Å². The molecule has 108 valence electrons. The topological polar surface area (TPSA) is 106 Å². The zero-order valence-electron chi connectivity index (χ0n) is 11.5. The minimum absolute atomic E-state index is 0.0141. The Kier molecular flexibility index (Phi) is 6.02. The van der Waals surface area contributed by atoms with Crippen molar-refractivity contribution in [3.05, 3.63) is 24.3 Å². The highest BCUT2D eigenvalue weighted by Crippen LogP contribution is 2.22. The molecule has 7 nitrogen and oxygen atoms in total. The molecule has 0 saturated carbocycles. The maximum absolute atomic E-state index is 11.6. The average molecular weight is 278 g/mol. The van der Waals surface area contributed by atoms with Gasteiger partial charge in [-0.1, -0.05) is 12.1 Å². The summed E-state index contributed by atoms with van der Waals surface area (Å²) in [5.41, 5.74) is 8.50. The number of rotatable bonds is 7. The Bertz CT molecular complexity index is 514. The quantitative estimate of drug-likeness (QED) is 0.498. The van der Waals surface area contributed by atoms with E-state index >= 15 is 0 Å². The van der Waals surface area contributed by atoms with Crippen LogP contribution in [0.15, 0.2) is 29.4 Å². The normalized spacial score (nSPS) is 10.8. The van der Waals surface area contributed by atoms with Gasteiger partial charge < -0.3 is 15.8 Å². The molecule has 0 aromatic heterocycles. The Morgan fingerprint density at radius 3 is 2.70 bits per heavy atom. The highest BCUT2D eigenvalue weighted by atomic mass is 16.5. The molecule has 2 amide bonds. The summed E-state index contributed by atoms with van der Waals surface area (Å²) in [6.07, 6.45) is 0.0141. The van der Waals surface area contributed by atoms with Gasteiger partial charge in [0.05, 0.1) is 25.8 Å². The van der Waals surface area contributed by atoms with Crippen LogP contribution in [-0.2, 0) is 9.59 Å². The van der Waals surface area contributed by atoms with Gasteiger partial charge in [-0.15, -0.1) is 0 Å². The fraction of sp³-hybridized carbons (Fsp3) is 0.308. The molecule has 0 bridgehead atoms. The number of anilines is 1. The maximum atomic E-state index is 11.6. The number of nitrogens with zero attached hydrogens (tertiary/aromatic N) is 1. The molecule has 0 fully saturated rings. The summed E-state index contributed by atoms with van der Waals surface area (Å²) in [5.74, 6) is -0.180. The molecular formula is C13H18N4O3. The molecule has 7 heteroatoms. The fourth-order valence-electron chi connectivity index (χ4n) is 1.46. The van der Waals surface area contributed by atoms with Gasteiger partial charge in [0, 0.05) is 5.71 Å². The van der Waals surface area contributed by atoms with Gasteiger partial charge in [0.1, 0.15) is 5.75 Å². The van der Waals surface area contributed by atoms with Gasteiger partial charge in [0.25, 0.3) is 5.91 Å². The first-order chi connectivity index (χ1) is 9.52. The molecule has 1 aromatic carbocycles. The van der Waals surface area contributed by atoms with Crippen LogP contribution in [0.3, 0.4) is 0 Å². The summed E-state index contributed by atoms with van der Waals surface area (Å²) in [7, 11) is 1.55. The van der Waals surface area contributed by atoms with E-state index in [1.165, 1.54) is 0 Å². The van der Waals surface area contributed by atoms with Crippen LogP contribution in [0.25, 0.3) is 0 Å². The summed E-state index contributed by atoms with van der Waals surface area (Å²) in [6.45, 7) is 1.65. The summed E-state index contributed by atoms with van der Waals surface area (Å²) in [4.78, 5) is 22.2. The summed E-state index contributed by atoms with van der Waals surface area (Å²) in [6, 6.07) is 7.25. The summed E-state index contributed by atoms with van der Waals surface area (Å²) >= 11 is 0. The number of amides is 2. The van der Waals surface area contributed by atoms with E-state index in [0.717, 1.165) is 0 Å². The zero-order valence-corrected chi connectivity index (χ0v) is 11.5. The number of carbonyl (C=O) groups is 2. The second-order valence-electron chi connectivity index (χ2n) is 4.08. The van der Waals surface area contributed by atoms with Gasteiger partial charge in [-0.05, 0) is 19.1 Å². The van der Waals surface area contributed by atoms with Crippen LogP contribution in [0.2, 0.25) is 0 Å². The van der Waals surface area contributed by atoms with E-state index in [9.17, 15) is 9.59 Å². The fourth-order valence-corrected chi connectivity index (χ4v) is 1.46. The molecule has 0 unspecified atom stereocenters. The van der Waals surface area contributed by atoms with Gasteiger partial charge >= 0.3 is 0 Å². The molecule has 1 aromatic rings. The third kappa shape index (κ3) is 5.38. The molecule has 0 radical (unpaired) electrons. The third-order valence-electron chi connectivity index (χ3n) is 2.35. The van der Waals surface area contributed by atoms with Crippen molar-refractivity contribution in [2.75, 3.05) is 19.0 Å². The van der Waals surface area contributed by atoms with Gasteiger partial charge in [-0.25, -0.2) is 5.43 Å². The van der Waals surface area contributed by atoms with Crippen LogP contribution in [0.4, 0.5) is 5.69 Å². The number of para-hydroxylation sites is 2. The molecule has 0 aliphatic carbocycles. The van der Waals surface area contributed by atoms with E-state index in [1.54, 1.807) is 26.2 Å². The molecule has 20 heavy (non-hydrogen) atoms. The Balaban J connectivity index is 2.45. The Morgan fingerprint density at radius 2 is 2.05 bits per heavy atom. The number of nitrogens with two attached hydrogens (primary N) is 1. The number of methoxy groups -OCH3 is 1. The van der Waals surface area contributed by atoms with Crippen molar-refractivity contribution in [1.82, 2.24) is 5.43 Å². The van der Waals surface area contributed by atoms with Gasteiger partial charge in [0.15, 0.2) is 0 Å². The second kappa shape index (κ2) is 7.78. The molecule has 0 aliphatic rings. The molecule has 0 aliphatic heterocycles. The van der Waals surface area contributed by atoms with E-state index in [4.69, 9.17) is 10.5 Å². The van der Waals surface area contributed by atoms with E-state index < -0.39 is 5.91 Å². The van der Waals surface area contributed by atoms with Gasteiger partial charge in [-0.3, -0.25) is 9.59 Å². The average Bonchev–Trinajstić information content (AvgIpc) is 2.42. The molecule has 0 spiro atoms. The molecule has 0 saturated heterocycles. The number of hydrazone groups is 1. The van der Waals surface area contributed by atoms with Crippen molar-refractivity contribution in [2.45, 2.75) is 13.3 Å². The highest BCUT2D eigenvalue weighted by molar-refractivity contribution is 5.99. The molecule has 0 heterocycles. The number of carbonyl (C=O) groups excluding carboxylic acids is 2.